The van der Waals surface area contributed by atoms with Gasteiger partial charge in [-0.3, -0.25) is 4.79 Å². The van der Waals surface area contributed by atoms with Crippen LogP contribution in [0.3, 0.4) is 0 Å². The molecule has 7 nitrogen and oxygen atoms in total. The number of aromatic nitrogens is 1. The molecular formula is C22H26N5O2+. The van der Waals surface area contributed by atoms with Crippen molar-refractivity contribution in [1.29, 1.82) is 5.41 Å². The van der Waals surface area contributed by atoms with Gasteiger partial charge in [0.05, 0.1) is 12.6 Å². The molecule has 2 aliphatic carbocycles. The Kier molecular flexibility index (Phi) is 4.10. The molecule has 2 aromatic rings. The number of carbonyl (C=O) groups is 1. The van der Waals surface area contributed by atoms with Gasteiger partial charge in [-0.25, -0.2) is 15.8 Å². The van der Waals surface area contributed by atoms with Gasteiger partial charge in [0.2, 0.25) is 5.88 Å². The number of primary amides is 1. The second-order valence-corrected chi connectivity index (χ2v) is 8.46. The summed E-state index contributed by atoms with van der Waals surface area (Å²) in [6, 6.07) is 10.0. The van der Waals surface area contributed by atoms with Gasteiger partial charge in [0, 0.05) is 29.9 Å². The van der Waals surface area contributed by atoms with E-state index in [1.165, 1.54) is 6.42 Å². The van der Waals surface area contributed by atoms with Crippen molar-refractivity contribution in [2.24, 2.45) is 5.73 Å². The monoisotopic (exact) mass is 392 g/mol. The first-order valence-corrected chi connectivity index (χ1v) is 10.3. The van der Waals surface area contributed by atoms with Gasteiger partial charge >= 0.3 is 0 Å². The molecule has 0 bridgehead atoms. The first-order valence-electron chi connectivity index (χ1n) is 10.3. The highest BCUT2D eigenvalue weighted by Crippen LogP contribution is 2.37. The molecule has 29 heavy (non-hydrogen) atoms. The number of likely N-dealkylation sites (N-methyl/N-ethyl adjacent to an activating group) is 1. The molecule has 1 aromatic heterocycles. The molecule has 1 atom stereocenters. The fourth-order valence-corrected chi connectivity index (χ4v) is 4.31. The number of fused-ring (bicyclic) bond motifs is 1. The number of quaternary nitrogens is 1. The standard InChI is InChI=1S/C22H25N5O2/c1-27(15-4-2-5-15)21(23)19(22(24)28)20(26-27)14-8-10-17-13(12-14)9-11-18(25-17)29-16-6-3-7-16/h8-12,15-16H,2-7H2,1H3,(H3-,23,24,26,28)/p+1. The lowest BCUT2D eigenvalue weighted by molar-refractivity contribution is -0.887. The van der Waals surface area contributed by atoms with E-state index >= 15 is 0 Å². The number of rotatable bonds is 5. The van der Waals surface area contributed by atoms with Crippen LogP contribution >= 0.6 is 0 Å². The van der Waals surface area contributed by atoms with E-state index in [9.17, 15) is 4.79 Å². The molecule has 1 unspecified atom stereocenters. The third-order valence-corrected chi connectivity index (χ3v) is 6.64. The number of hydrogen-bond acceptors (Lipinski definition) is 5. The number of pyridine rings is 1. The number of nitrogens with zero attached hydrogens (tertiary/aromatic N) is 2. The highest BCUT2D eigenvalue weighted by molar-refractivity contribution is 6.23. The molecule has 1 aromatic carbocycles. The summed E-state index contributed by atoms with van der Waals surface area (Å²) in [6.45, 7) is 0. The first-order chi connectivity index (χ1) is 14.0. The lowest BCUT2D eigenvalue weighted by Gasteiger charge is -2.41. The molecular weight excluding hydrogens is 366 g/mol. The second kappa shape index (κ2) is 6.56. The molecule has 2 fully saturated rings. The van der Waals surface area contributed by atoms with Crippen LogP contribution in [0.15, 0.2) is 35.9 Å². The van der Waals surface area contributed by atoms with Crippen LogP contribution in [0.25, 0.3) is 16.6 Å². The van der Waals surface area contributed by atoms with Crippen LogP contribution < -0.4 is 15.9 Å². The fourth-order valence-electron chi connectivity index (χ4n) is 4.31. The molecule has 2 heterocycles. The Balaban J connectivity index is 1.50. The lowest BCUT2D eigenvalue weighted by atomic mass is 9.90. The molecule has 0 spiro atoms. The quantitative estimate of drug-likeness (QED) is 0.681. The van der Waals surface area contributed by atoms with Crippen LogP contribution in [0.5, 0.6) is 5.88 Å². The predicted octanol–water partition coefficient (Wildman–Crippen LogP) is 2.86. The molecule has 2 saturated carbocycles. The van der Waals surface area contributed by atoms with Gasteiger partial charge in [-0.05, 0) is 43.9 Å². The molecule has 7 heteroatoms. The molecule has 0 radical (unpaired) electrons. The maximum Gasteiger partial charge on any atom is 0.260 e. The smallest absolute Gasteiger partial charge is 0.260 e. The molecule has 4 N–H and O–H groups in total. The number of nitrogens with two attached hydrogens (primary N) is 1. The maximum atomic E-state index is 12.2. The summed E-state index contributed by atoms with van der Waals surface area (Å²) >= 11 is 0. The van der Waals surface area contributed by atoms with E-state index in [-0.39, 0.29) is 22.1 Å². The lowest BCUT2D eigenvalue weighted by Crippen LogP contribution is -2.62. The van der Waals surface area contributed by atoms with Gasteiger partial charge < -0.3 is 10.5 Å². The van der Waals surface area contributed by atoms with Crippen LogP contribution in [0, 0.1) is 5.41 Å². The summed E-state index contributed by atoms with van der Waals surface area (Å²) in [7, 11) is 1.95. The van der Waals surface area contributed by atoms with Crippen LogP contribution in [0.1, 0.15) is 44.1 Å². The summed E-state index contributed by atoms with van der Waals surface area (Å²) < 4.78 is 6.13. The molecule has 0 saturated heterocycles. The zero-order chi connectivity index (χ0) is 20.2. The fraction of sp³-hybridized carbons (Fsp3) is 0.409. The van der Waals surface area contributed by atoms with E-state index in [1.807, 2.05) is 37.4 Å². The minimum atomic E-state index is -0.568. The highest BCUT2D eigenvalue weighted by atomic mass is 16.5. The van der Waals surface area contributed by atoms with E-state index < -0.39 is 5.91 Å². The minimum absolute atomic E-state index is 0.234. The Morgan fingerprint density at radius 3 is 2.59 bits per heavy atom. The molecule has 1 aliphatic heterocycles. The van der Waals surface area contributed by atoms with Crippen LogP contribution in [-0.2, 0) is 4.79 Å². The van der Waals surface area contributed by atoms with E-state index in [4.69, 9.17) is 15.9 Å². The van der Waals surface area contributed by atoms with Crippen molar-refractivity contribution in [1.82, 2.24) is 10.4 Å². The average Bonchev–Trinajstić information content (AvgIpc) is 2.88. The topological polar surface area (TPSA) is 101 Å². The number of benzene rings is 1. The Hall–Kier alpha value is -2.93. The third kappa shape index (κ3) is 2.88. The van der Waals surface area contributed by atoms with Crippen molar-refractivity contribution in [2.75, 3.05) is 7.05 Å². The molecule has 3 aliphatic rings. The summed E-state index contributed by atoms with van der Waals surface area (Å²) in [5, 5.41) is 9.60. The minimum Gasteiger partial charge on any atom is -0.474 e. The van der Waals surface area contributed by atoms with Gasteiger partial charge in [0.25, 0.3) is 11.7 Å². The number of amidine groups is 1. The first kappa shape index (κ1) is 18.1. The van der Waals surface area contributed by atoms with Crippen molar-refractivity contribution >= 4 is 28.3 Å². The summed E-state index contributed by atoms with van der Waals surface area (Å²) in [4.78, 5) is 16.8. The Bertz CT molecular complexity index is 1050. The Morgan fingerprint density at radius 2 is 1.97 bits per heavy atom. The number of amides is 1. The third-order valence-electron chi connectivity index (χ3n) is 6.64. The van der Waals surface area contributed by atoms with Crippen molar-refractivity contribution in [2.45, 2.75) is 50.7 Å². The van der Waals surface area contributed by atoms with E-state index in [0.29, 0.717) is 17.6 Å². The SMILES string of the molecule is C[N+]1(C2CCC2)NC(c2ccc3nc(OC4CCC4)ccc3c2)=C(C(N)=O)C1=N. The van der Waals surface area contributed by atoms with Gasteiger partial charge in [-0.2, -0.15) is 4.59 Å². The number of nitrogens with one attached hydrogen (secondary N) is 2. The summed E-state index contributed by atoms with van der Waals surface area (Å²) in [5.41, 5.74) is 11.7. The van der Waals surface area contributed by atoms with Gasteiger partial charge in [-0.15, -0.1) is 0 Å². The normalized spacial score (nSPS) is 24.9. The summed E-state index contributed by atoms with van der Waals surface area (Å²) in [5.74, 6) is 0.336. The van der Waals surface area contributed by atoms with Gasteiger partial charge in [0.1, 0.15) is 17.8 Å². The number of ether oxygens (including phenoxy) is 1. The zero-order valence-corrected chi connectivity index (χ0v) is 16.6. The van der Waals surface area contributed by atoms with E-state index in [2.05, 4.69) is 10.4 Å². The van der Waals surface area contributed by atoms with Crippen molar-refractivity contribution in [3.8, 4) is 5.88 Å². The molecule has 5 rings (SSSR count). The van der Waals surface area contributed by atoms with Crippen molar-refractivity contribution in [3.63, 3.8) is 0 Å². The average molecular weight is 392 g/mol. The molecule has 1 amide bonds. The largest absolute Gasteiger partial charge is 0.474 e. The van der Waals surface area contributed by atoms with Crippen molar-refractivity contribution < 1.29 is 14.1 Å². The Morgan fingerprint density at radius 1 is 1.21 bits per heavy atom. The maximum absolute atomic E-state index is 12.2. The zero-order valence-electron chi connectivity index (χ0n) is 16.6. The van der Waals surface area contributed by atoms with Gasteiger partial charge in [-0.1, -0.05) is 6.07 Å². The highest BCUT2D eigenvalue weighted by Gasteiger charge is 2.50. The van der Waals surface area contributed by atoms with Gasteiger partial charge in [0.15, 0.2) is 5.57 Å². The number of carbonyl (C=O) groups excluding carboxylic acids is 1. The molecule has 150 valence electrons. The predicted molar refractivity (Wildman–Crippen MR) is 111 cm³/mol. The second-order valence-electron chi connectivity index (χ2n) is 8.46. The van der Waals surface area contributed by atoms with Crippen LogP contribution in [0.4, 0.5) is 0 Å². The number of hydrogen-bond donors (Lipinski definition) is 3. The van der Waals surface area contributed by atoms with E-state index in [0.717, 1.165) is 48.6 Å². The van der Waals surface area contributed by atoms with Crippen LogP contribution in [-0.4, -0.2) is 40.5 Å². The van der Waals surface area contributed by atoms with E-state index in [1.54, 1.807) is 0 Å². The van der Waals surface area contributed by atoms with Crippen molar-refractivity contribution in [3.05, 3.63) is 41.5 Å². The van der Waals surface area contributed by atoms with Crippen LogP contribution in [0.2, 0.25) is 0 Å². The summed E-state index contributed by atoms with van der Waals surface area (Å²) in [6.07, 6.45) is 6.93. The Labute approximate surface area is 169 Å².